The lowest BCUT2D eigenvalue weighted by atomic mass is 10.2. The van der Waals surface area contributed by atoms with Gasteiger partial charge in [0.05, 0.1) is 4.92 Å². The molecule has 0 aliphatic carbocycles. The van der Waals surface area contributed by atoms with Crippen LogP contribution in [0.15, 0.2) is 48.8 Å². The van der Waals surface area contributed by atoms with Crippen LogP contribution in [0.4, 0.5) is 23.0 Å². The summed E-state index contributed by atoms with van der Waals surface area (Å²) < 4.78 is 0. The highest BCUT2D eigenvalue weighted by atomic mass is 35.5. The lowest BCUT2D eigenvalue weighted by Crippen LogP contribution is -2.30. The van der Waals surface area contributed by atoms with Crippen molar-refractivity contribution in [3.63, 3.8) is 0 Å². The highest BCUT2D eigenvalue weighted by Crippen LogP contribution is 2.32. The van der Waals surface area contributed by atoms with Gasteiger partial charge in [0.2, 0.25) is 11.6 Å². The number of carbonyl (C=O) groups excluding carboxylic acids is 1. The molecular weight excluding hydrogens is 419 g/mol. The number of amides is 1. The standard InChI is InChI=1S/C18H14Cl2N6O3/c1-10-2-5-13(20)8-14(10)23-16-15(26(28)29)17(22-9-21-16)24-25-18(27)11-3-6-12(19)7-4-11/h2-9H,1H3,(H,25,27)(H2,21,22,23,24). The van der Waals surface area contributed by atoms with Crippen molar-refractivity contribution < 1.29 is 9.72 Å². The van der Waals surface area contributed by atoms with E-state index in [1.165, 1.54) is 12.1 Å². The summed E-state index contributed by atoms with van der Waals surface area (Å²) in [6, 6.07) is 11.2. The van der Waals surface area contributed by atoms with E-state index in [0.29, 0.717) is 21.3 Å². The monoisotopic (exact) mass is 432 g/mol. The van der Waals surface area contributed by atoms with Crippen molar-refractivity contribution in [2.45, 2.75) is 6.92 Å². The number of benzene rings is 2. The van der Waals surface area contributed by atoms with E-state index in [2.05, 4.69) is 26.1 Å². The van der Waals surface area contributed by atoms with Gasteiger partial charge >= 0.3 is 5.69 Å². The first kappa shape index (κ1) is 20.3. The summed E-state index contributed by atoms with van der Waals surface area (Å²) in [4.78, 5) is 31.0. The van der Waals surface area contributed by atoms with Crippen molar-refractivity contribution in [1.29, 1.82) is 0 Å². The highest BCUT2D eigenvalue weighted by molar-refractivity contribution is 6.31. The fourth-order valence-corrected chi connectivity index (χ4v) is 2.68. The minimum absolute atomic E-state index is 0.0568. The number of hydrogen-bond acceptors (Lipinski definition) is 7. The Labute approximate surface area is 175 Å². The second kappa shape index (κ2) is 8.72. The molecule has 0 saturated heterocycles. The molecule has 1 heterocycles. The molecule has 1 amide bonds. The van der Waals surface area contributed by atoms with E-state index in [1.54, 1.807) is 30.3 Å². The summed E-state index contributed by atoms with van der Waals surface area (Å²) in [6.07, 6.45) is 1.13. The third kappa shape index (κ3) is 4.89. The maximum atomic E-state index is 12.2. The van der Waals surface area contributed by atoms with Gasteiger partial charge in [-0.3, -0.25) is 25.8 Å². The maximum Gasteiger partial charge on any atom is 0.355 e. The molecule has 0 saturated carbocycles. The van der Waals surface area contributed by atoms with Gasteiger partial charge in [-0.2, -0.15) is 0 Å². The van der Waals surface area contributed by atoms with E-state index in [9.17, 15) is 14.9 Å². The Morgan fingerprint density at radius 1 is 1.03 bits per heavy atom. The molecular formula is C18H14Cl2N6O3. The molecule has 3 rings (SSSR count). The number of rotatable bonds is 6. The van der Waals surface area contributed by atoms with Gasteiger partial charge in [0.25, 0.3) is 5.91 Å². The SMILES string of the molecule is Cc1ccc(Cl)cc1Nc1ncnc(NNC(=O)c2ccc(Cl)cc2)c1[N+](=O)[O-]. The number of aromatic nitrogens is 2. The van der Waals surface area contributed by atoms with Gasteiger partial charge in [-0.1, -0.05) is 29.3 Å². The Kier molecular flexibility index (Phi) is 6.10. The minimum atomic E-state index is -0.654. The zero-order valence-corrected chi connectivity index (χ0v) is 16.5. The van der Waals surface area contributed by atoms with Gasteiger partial charge in [0.15, 0.2) is 0 Å². The van der Waals surface area contributed by atoms with Crippen LogP contribution in [0.1, 0.15) is 15.9 Å². The van der Waals surface area contributed by atoms with E-state index in [4.69, 9.17) is 23.2 Å². The van der Waals surface area contributed by atoms with Crippen molar-refractivity contribution in [2.75, 3.05) is 10.7 Å². The van der Waals surface area contributed by atoms with Crippen molar-refractivity contribution in [2.24, 2.45) is 0 Å². The average Bonchev–Trinajstić information content (AvgIpc) is 2.69. The van der Waals surface area contributed by atoms with E-state index in [-0.39, 0.29) is 11.6 Å². The largest absolute Gasteiger partial charge is 0.355 e. The number of nitro groups is 1. The topological polar surface area (TPSA) is 122 Å². The van der Waals surface area contributed by atoms with Crippen molar-refractivity contribution in [3.05, 3.63) is 80.1 Å². The van der Waals surface area contributed by atoms with Crippen LogP contribution in [0, 0.1) is 17.0 Å². The first-order valence-electron chi connectivity index (χ1n) is 8.19. The van der Waals surface area contributed by atoms with Crippen LogP contribution in [-0.2, 0) is 0 Å². The quantitative estimate of drug-likeness (QED) is 0.386. The lowest BCUT2D eigenvalue weighted by Gasteiger charge is -2.12. The molecule has 0 unspecified atom stereocenters. The molecule has 3 aromatic rings. The molecule has 0 fully saturated rings. The minimum Gasteiger partial charge on any atom is -0.334 e. The Bertz CT molecular complexity index is 1080. The van der Waals surface area contributed by atoms with Crippen LogP contribution in [0.5, 0.6) is 0 Å². The van der Waals surface area contributed by atoms with Crippen molar-refractivity contribution in [1.82, 2.24) is 15.4 Å². The molecule has 148 valence electrons. The number of hydrogen-bond donors (Lipinski definition) is 3. The number of anilines is 3. The molecule has 0 radical (unpaired) electrons. The molecule has 0 atom stereocenters. The van der Waals surface area contributed by atoms with Gasteiger partial charge in [-0.25, -0.2) is 9.97 Å². The molecule has 0 aliphatic rings. The molecule has 29 heavy (non-hydrogen) atoms. The Morgan fingerprint density at radius 2 is 1.69 bits per heavy atom. The third-order valence-corrected chi connectivity index (χ3v) is 4.35. The Balaban J connectivity index is 1.85. The molecule has 2 aromatic carbocycles. The first-order valence-corrected chi connectivity index (χ1v) is 8.95. The summed E-state index contributed by atoms with van der Waals surface area (Å²) in [7, 11) is 0. The van der Waals surface area contributed by atoms with Crippen LogP contribution in [0.3, 0.4) is 0 Å². The Morgan fingerprint density at radius 3 is 2.38 bits per heavy atom. The second-order valence-corrected chi connectivity index (χ2v) is 6.72. The van der Waals surface area contributed by atoms with Crippen LogP contribution in [0.2, 0.25) is 10.0 Å². The second-order valence-electron chi connectivity index (χ2n) is 5.85. The average molecular weight is 433 g/mol. The number of nitrogens with one attached hydrogen (secondary N) is 3. The van der Waals surface area contributed by atoms with Crippen LogP contribution in [-0.4, -0.2) is 20.8 Å². The molecule has 0 bridgehead atoms. The molecule has 0 aliphatic heterocycles. The predicted octanol–water partition coefficient (Wildman–Crippen LogP) is 4.50. The van der Waals surface area contributed by atoms with Crippen molar-refractivity contribution >= 4 is 52.1 Å². The number of aryl methyl sites for hydroxylation is 1. The molecule has 0 spiro atoms. The summed E-state index contributed by atoms with van der Waals surface area (Å²) in [6.45, 7) is 1.82. The lowest BCUT2D eigenvalue weighted by molar-refractivity contribution is -0.383. The fourth-order valence-electron chi connectivity index (χ4n) is 2.38. The predicted molar refractivity (Wildman–Crippen MR) is 111 cm³/mol. The summed E-state index contributed by atoms with van der Waals surface area (Å²) in [5, 5.41) is 15.5. The maximum absolute atomic E-state index is 12.2. The van der Waals surface area contributed by atoms with Crippen molar-refractivity contribution in [3.8, 4) is 0 Å². The van der Waals surface area contributed by atoms with Crippen LogP contribution in [0.25, 0.3) is 0 Å². The normalized spacial score (nSPS) is 10.3. The highest BCUT2D eigenvalue weighted by Gasteiger charge is 2.24. The molecule has 3 N–H and O–H groups in total. The van der Waals surface area contributed by atoms with Gasteiger partial charge < -0.3 is 5.32 Å². The van der Waals surface area contributed by atoms with Crippen LogP contribution >= 0.6 is 23.2 Å². The Hall–Kier alpha value is -3.43. The van der Waals surface area contributed by atoms with Gasteiger partial charge in [-0.15, -0.1) is 0 Å². The zero-order chi connectivity index (χ0) is 21.0. The fraction of sp³-hybridized carbons (Fsp3) is 0.0556. The van der Waals surface area contributed by atoms with E-state index >= 15 is 0 Å². The molecule has 9 nitrogen and oxygen atoms in total. The number of hydrazine groups is 1. The molecule has 1 aromatic heterocycles. The summed E-state index contributed by atoms with van der Waals surface area (Å²) in [5.41, 5.74) is 6.07. The number of carbonyl (C=O) groups is 1. The van der Waals surface area contributed by atoms with Gasteiger partial charge in [0.1, 0.15) is 6.33 Å². The smallest absolute Gasteiger partial charge is 0.334 e. The molecule has 11 heteroatoms. The van der Waals surface area contributed by atoms with Gasteiger partial charge in [0, 0.05) is 21.3 Å². The van der Waals surface area contributed by atoms with E-state index in [1.807, 2.05) is 6.92 Å². The summed E-state index contributed by atoms with van der Waals surface area (Å²) >= 11 is 11.8. The summed E-state index contributed by atoms with van der Waals surface area (Å²) in [5.74, 6) is -0.761. The third-order valence-electron chi connectivity index (χ3n) is 3.86. The van der Waals surface area contributed by atoms with E-state index < -0.39 is 16.5 Å². The zero-order valence-electron chi connectivity index (χ0n) is 14.9. The first-order chi connectivity index (χ1) is 13.8. The van der Waals surface area contributed by atoms with E-state index in [0.717, 1.165) is 11.9 Å². The number of halogens is 2. The van der Waals surface area contributed by atoms with Crippen LogP contribution < -0.4 is 16.2 Å². The van der Waals surface area contributed by atoms with Gasteiger partial charge in [-0.05, 0) is 48.9 Å². The number of nitrogens with zero attached hydrogens (tertiary/aromatic N) is 3.